The first-order valence-electron chi connectivity index (χ1n) is 7.04. The van der Waals surface area contributed by atoms with Crippen LogP contribution in [0.25, 0.3) is 0 Å². The Morgan fingerprint density at radius 3 is 2.40 bits per heavy atom. The molecule has 0 aromatic rings. The molecule has 0 saturated heterocycles. The van der Waals surface area contributed by atoms with Crippen molar-refractivity contribution in [3.8, 4) is 0 Å². The van der Waals surface area contributed by atoms with E-state index in [9.17, 15) is 9.90 Å². The van der Waals surface area contributed by atoms with E-state index in [1.165, 1.54) is 4.90 Å². The summed E-state index contributed by atoms with van der Waals surface area (Å²) in [5.41, 5.74) is -0.537. The van der Waals surface area contributed by atoms with Crippen molar-refractivity contribution >= 4 is 6.09 Å². The number of amides is 1. The smallest absolute Gasteiger partial charge is 0.410 e. The topological polar surface area (TPSA) is 71.0 Å². The van der Waals surface area contributed by atoms with Crippen LogP contribution in [0.1, 0.15) is 34.6 Å². The molecule has 2 N–H and O–H groups in total. The van der Waals surface area contributed by atoms with Crippen LogP contribution in [0.3, 0.4) is 0 Å². The number of aliphatic hydroxyl groups excluding tert-OH is 1. The molecular formula is C14H30N2O4. The predicted molar refractivity (Wildman–Crippen MR) is 78.8 cm³/mol. The normalized spacial score (nSPS) is 14.8. The van der Waals surface area contributed by atoms with Crippen molar-refractivity contribution in [3.05, 3.63) is 0 Å². The molecule has 0 saturated carbocycles. The van der Waals surface area contributed by atoms with E-state index in [2.05, 4.69) is 5.32 Å². The van der Waals surface area contributed by atoms with Crippen LogP contribution in [0.2, 0.25) is 0 Å². The number of hydrogen-bond donors (Lipinski definition) is 2. The summed E-state index contributed by atoms with van der Waals surface area (Å²) in [4.78, 5) is 13.6. The average molecular weight is 290 g/mol. The van der Waals surface area contributed by atoms with Crippen molar-refractivity contribution in [2.24, 2.45) is 0 Å². The second-order valence-corrected chi connectivity index (χ2v) is 6.09. The van der Waals surface area contributed by atoms with Gasteiger partial charge in [0.2, 0.25) is 0 Å². The summed E-state index contributed by atoms with van der Waals surface area (Å²) < 4.78 is 10.4. The van der Waals surface area contributed by atoms with Gasteiger partial charge in [-0.1, -0.05) is 0 Å². The fourth-order valence-electron chi connectivity index (χ4n) is 1.66. The Bertz CT molecular complexity index is 277. The van der Waals surface area contributed by atoms with Gasteiger partial charge in [0, 0.05) is 32.8 Å². The SMILES string of the molecule is COCC(C)NCCN(CC(C)O)C(=O)OC(C)(C)C. The molecular weight excluding hydrogens is 260 g/mol. The Balaban J connectivity index is 4.31. The van der Waals surface area contributed by atoms with Gasteiger partial charge in [0.25, 0.3) is 0 Å². The highest BCUT2D eigenvalue weighted by Gasteiger charge is 2.22. The van der Waals surface area contributed by atoms with Crippen molar-refractivity contribution in [2.45, 2.75) is 52.4 Å². The Morgan fingerprint density at radius 1 is 1.35 bits per heavy atom. The third-order valence-corrected chi connectivity index (χ3v) is 2.43. The minimum Gasteiger partial charge on any atom is -0.444 e. The third-order valence-electron chi connectivity index (χ3n) is 2.43. The van der Waals surface area contributed by atoms with Crippen LogP contribution >= 0.6 is 0 Å². The molecule has 20 heavy (non-hydrogen) atoms. The highest BCUT2D eigenvalue weighted by atomic mass is 16.6. The molecule has 0 aliphatic rings. The van der Waals surface area contributed by atoms with Gasteiger partial charge < -0.3 is 24.8 Å². The minimum absolute atomic E-state index is 0.215. The monoisotopic (exact) mass is 290 g/mol. The van der Waals surface area contributed by atoms with Crippen LogP contribution in [0.5, 0.6) is 0 Å². The summed E-state index contributed by atoms with van der Waals surface area (Å²) >= 11 is 0. The lowest BCUT2D eigenvalue weighted by Crippen LogP contribution is -2.45. The highest BCUT2D eigenvalue weighted by Crippen LogP contribution is 2.10. The van der Waals surface area contributed by atoms with E-state index in [1.807, 2.05) is 27.7 Å². The predicted octanol–water partition coefficient (Wildman–Crippen LogP) is 1.23. The molecule has 0 spiro atoms. The van der Waals surface area contributed by atoms with Crippen LogP contribution in [0.15, 0.2) is 0 Å². The number of nitrogens with one attached hydrogen (secondary N) is 1. The fraction of sp³-hybridized carbons (Fsp3) is 0.929. The van der Waals surface area contributed by atoms with Crippen molar-refractivity contribution < 1.29 is 19.4 Å². The van der Waals surface area contributed by atoms with Crippen LogP contribution in [0.4, 0.5) is 4.79 Å². The Hall–Kier alpha value is -0.850. The second-order valence-electron chi connectivity index (χ2n) is 6.09. The summed E-state index contributed by atoms with van der Waals surface area (Å²) in [7, 11) is 1.65. The van der Waals surface area contributed by atoms with Crippen molar-refractivity contribution in [1.82, 2.24) is 10.2 Å². The van der Waals surface area contributed by atoms with Crippen LogP contribution in [0, 0.1) is 0 Å². The molecule has 0 rings (SSSR count). The third kappa shape index (κ3) is 10.00. The number of carbonyl (C=O) groups excluding carboxylic acids is 1. The van der Waals surface area contributed by atoms with Crippen LogP contribution in [-0.2, 0) is 9.47 Å². The van der Waals surface area contributed by atoms with Gasteiger partial charge in [-0.2, -0.15) is 0 Å². The molecule has 0 aliphatic heterocycles. The van der Waals surface area contributed by atoms with E-state index in [4.69, 9.17) is 9.47 Å². The lowest BCUT2D eigenvalue weighted by molar-refractivity contribution is 0.0162. The van der Waals surface area contributed by atoms with Gasteiger partial charge in [-0.3, -0.25) is 0 Å². The second kappa shape index (κ2) is 9.15. The largest absolute Gasteiger partial charge is 0.444 e. The number of nitrogens with zero attached hydrogens (tertiary/aromatic N) is 1. The number of rotatable bonds is 8. The van der Waals surface area contributed by atoms with Crippen molar-refractivity contribution in [3.63, 3.8) is 0 Å². The van der Waals surface area contributed by atoms with Gasteiger partial charge in [0.1, 0.15) is 5.60 Å². The van der Waals surface area contributed by atoms with E-state index >= 15 is 0 Å². The van der Waals surface area contributed by atoms with E-state index in [0.717, 1.165) is 0 Å². The molecule has 1 amide bonds. The molecule has 0 bridgehead atoms. The fourth-order valence-corrected chi connectivity index (χ4v) is 1.66. The lowest BCUT2D eigenvalue weighted by atomic mass is 10.2. The lowest BCUT2D eigenvalue weighted by Gasteiger charge is -2.28. The molecule has 0 aliphatic carbocycles. The summed E-state index contributed by atoms with van der Waals surface area (Å²) in [6.07, 6.45) is -0.987. The number of aliphatic hydroxyl groups is 1. The van der Waals surface area contributed by atoms with Crippen LogP contribution in [-0.4, -0.2) is 67.2 Å². The highest BCUT2D eigenvalue weighted by molar-refractivity contribution is 5.68. The summed E-state index contributed by atoms with van der Waals surface area (Å²) in [5, 5.41) is 12.7. The first-order valence-corrected chi connectivity index (χ1v) is 7.04. The maximum Gasteiger partial charge on any atom is 0.410 e. The zero-order valence-electron chi connectivity index (χ0n) is 13.6. The molecule has 0 aromatic carbocycles. The number of ether oxygens (including phenoxy) is 2. The van der Waals surface area contributed by atoms with Gasteiger partial charge in [-0.05, 0) is 34.6 Å². The minimum atomic E-state index is -0.584. The van der Waals surface area contributed by atoms with E-state index in [1.54, 1.807) is 14.0 Å². The molecule has 6 heteroatoms. The number of hydrogen-bond acceptors (Lipinski definition) is 5. The van der Waals surface area contributed by atoms with E-state index in [-0.39, 0.29) is 12.6 Å². The molecule has 0 radical (unpaired) electrons. The molecule has 2 atom stereocenters. The van der Waals surface area contributed by atoms with E-state index < -0.39 is 17.8 Å². The number of methoxy groups -OCH3 is 1. The van der Waals surface area contributed by atoms with Crippen molar-refractivity contribution in [1.29, 1.82) is 0 Å². The molecule has 120 valence electrons. The van der Waals surface area contributed by atoms with Crippen molar-refractivity contribution in [2.75, 3.05) is 33.4 Å². The summed E-state index contributed by atoms with van der Waals surface area (Å²) in [5.74, 6) is 0. The maximum atomic E-state index is 12.0. The maximum absolute atomic E-state index is 12.0. The average Bonchev–Trinajstić information content (AvgIpc) is 2.25. The zero-order valence-corrected chi connectivity index (χ0v) is 13.6. The van der Waals surface area contributed by atoms with Gasteiger partial charge in [0.05, 0.1) is 12.7 Å². The summed E-state index contributed by atoms with van der Waals surface area (Å²) in [6.45, 7) is 11.1. The molecule has 6 nitrogen and oxygen atoms in total. The number of carbonyl (C=O) groups is 1. The van der Waals surface area contributed by atoms with E-state index in [0.29, 0.717) is 19.7 Å². The molecule has 0 heterocycles. The molecule has 2 unspecified atom stereocenters. The van der Waals surface area contributed by atoms with Gasteiger partial charge in [-0.25, -0.2) is 4.79 Å². The summed E-state index contributed by atoms with van der Waals surface area (Å²) in [6, 6.07) is 0.215. The standard InChI is InChI=1S/C14H30N2O4/c1-11(10-19-6)15-7-8-16(9-12(2)17)13(18)20-14(3,4)5/h11-12,15,17H,7-10H2,1-6H3. The molecule has 0 aromatic heterocycles. The van der Waals surface area contributed by atoms with Gasteiger partial charge in [-0.15, -0.1) is 0 Å². The Kier molecular flexibility index (Phi) is 8.76. The Morgan fingerprint density at radius 2 is 1.95 bits per heavy atom. The molecule has 0 fully saturated rings. The van der Waals surface area contributed by atoms with Gasteiger partial charge >= 0.3 is 6.09 Å². The van der Waals surface area contributed by atoms with Gasteiger partial charge in [0.15, 0.2) is 0 Å². The first kappa shape index (κ1) is 19.1. The Labute approximate surface area is 122 Å². The first-order chi connectivity index (χ1) is 9.15. The van der Waals surface area contributed by atoms with Crippen LogP contribution < -0.4 is 5.32 Å². The quantitative estimate of drug-likeness (QED) is 0.703. The zero-order chi connectivity index (χ0) is 15.8.